The Morgan fingerprint density at radius 2 is 0.973 bits per heavy atom. The lowest BCUT2D eigenvalue weighted by atomic mass is 10.2. The predicted molar refractivity (Wildman–Crippen MR) is 337 cm³/mol. The van der Waals surface area contributed by atoms with E-state index >= 15 is 0 Å². The minimum absolute atomic E-state index is 0.810. The first-order chi connectivity index (χ1) is 35.1. The van der Waals surface area contributed by atoms with Gasteiger partial charge < -0.3 is 20.3 Å². The third-order valence-electron chi connectivity index (χ3n) is 8.77. The van der Waals surface area contributed by atoms with E-state index in [0.29, 0.717) is 0 Å². The van der Waals surface area contributed by atoms with Crippen LogP contribution in [-0.2, 0) is 4.74 Å². The van der Waals surface area contributed by atoms with Gasteiger partial charge in [-0.25, -0.2) is 0 Å². The topological polar surface area (TPSA) is 62.3 Å². The molecule has 8 heteroatoms. The number of benzene rings is 4. The summed E-state index contributed by atoms with van der Waals surface area (Å²) >= 11 is 7.39. The van der Waals surface area contributed by atoms with E-state index in [1.54, 1.807) is 38.4 Å². The summed E-state index contributed by atoms with van der Waals surface area (Å²) in [7, 11) is 12.9. The van der Waals surface area contributed by atoms with Gasteiger partial charge in [0.1, 0.15) is 0 Å². The Kier molecular flexibility index (Phi) is 73.7. The molecule has 0 unspecified atom stereocenters. The Bertz CT molecular complexity index is 1710. The van der Waals surface area contributed by atoms with Gasteiger partial charge in [0.25, 0.3) is 0 Å². The van der Waals surface area contributed by atoms with Crippen molar-refractivity contribution in [1.29, 1.82) is 0 Å². The Morgan fingerprint density at radius 3 is 1.18 bits per heavy atom. The molecule has 3 heterocycles. The maximum Gasteiger partial charge on any atom is 0.0408 e. The van der Waals surface area contributed by atoms with Gasteiger partial charge in [-0.1, -0.05) is 210 Å². The molecule has 1 saturated carbocycles. The van der Waals surface area contributed by atoms with Crippen molar-refractivity contribution >= 4 is 29.4 Å². The molecule has 0 atom stereocenters. The minimum Gasteiger partial charge on any atom is -0.388 e. The number of aryl methyl sites for hydroxylation is 6. The van der Waals surface area contributed by atoms with Crippen molar-refractivity contribution in [3.05, 3.63) is 209 Å². The number of halogens is 1. The van der Waals surface area contributed by atoms with Gasteiger partial charge in [0, 0.05) is 43.5 Å². The summed E-state index contributed by atoms with van der Waals surface area (Å²) in [6.07, 6.45) is 20.1. The second-order valence-corrected chi connectivity index (χ2v) is 17.7. The smallest absolute Gasteiger partial charge is 0.0408 e. The zero-order valence-electron chi connectivity index (χ0n) is 50.1. The van der Waals surface area contributed by atoms with Crippen LogP contribution in [0.4, 0.5) is 0 Å². The van der Waals surface area contributed by atoms with Crippen molar-refractivity contribution in [2.45, 2.75) is 115 Å². The number of nitrogens with one attached hydrogen (secondary N) is 2. The number of thioether (sulfide) groups is 1. The number of rotatable bonds is 1. The molecule has 1 aliphatic carbocycles. The van der Waals surface area contributed by atoms with E-state index in [0.717, 1.165) is 16.6 Å². The Labute approximate surface area is 461 Å². The highest BCUT2D eigenvalue weighted by Gasteiger charge is 2.07. The SMILES string of the molecule is C=Cc1ccccc1.CC.CC.CC1CCCC1.CN1CCCC1.CNC.CNC.COC.CSC.Cc1ccc(C)cc1.Cc1cccc(Cl)c1.Cc1ccccc1.Cc1ccccn1.Cc1cccnc1. The van der Waals surface area contributed by atoms with E-state index in [2.05, 4.69) is 108 Å². The Hall–Kier alpha value is -4.60. The van der Waals surface area contributed by atoms with Gasteiger partial charge in [-0.2, -0.15) is 11.8 Å². The van der Waals surface area contributed by atoms with Crippen LogP contribution in [0.15, 0.2) is 165 Å². The summed E-state index contributed by atoms with van der Waals surface area (Å²) in [5.74, 6) is 1.05. The molecular weight excluding hydrogens is 934 g/mol. The zero-order chi connectivity index (χ0) is 56.8. The van der Waals surface area contributed by atoms with E-state index in [1.807, 2.05) is 205 Å². The van der Waals surface area contributed by atoms with Crippen LogP contribution in [0.25, 0.3) is 6.08 Å². The number of ether oxygens (including phenoxy) is 1. The van der Waals surface area contributed by atoms with Gasteiger partial charge in [-0.3, -0.25) is 9.97 Å². The first-order valence-corrected chi connectivity index (χ1v) is 28.0. The fourth-order valence-corrected chi connectivity index (χ4v) is 5.51. The van der Waals surface area contributed by atoms with Crippen LogP contribution in [0.2, 0.25) is 5.02 Å². The van der Waals surface area contributed by atoms with Crippen LogP contribution in [0.3, 0.4) is 0 Å². The summed E-state index contributed by atoms with van der Waals surface area (Å²) in [5, 5.41) is 6.31. The molecule has 0 radical (unpaired) electrons. The van der Waals surface area contributed by atoms with Gasteiger partial charge in [0.05, 0.1) is 0 Å². The number of aromatic nitrogens is 2. The number of hydrogen-bond donors (Lipinski definition) is 2. The van der Waals surface area contributed by atoms with E-state index in [-0.39, 0.29) is 0 Å². The molecule has 2 fully saturated rings. The van der Waals surface area contributed by atoms with Crippen LogP contribution >= 0.6 is 23.4 Å². The third kappa shape index (κ3) is 71.7. The van der Waals surface area contributed by atoms with E-state index in [1.165, 1.54) is 85.0 Å². The van der Waals surface area contributed by atoms with Crippen LogP contribution < -0.4 is 10.6 Å². The zero-order valence-corrected chi connectivity index (χ0v) is 51.6. The lowest BCUT2D eigenvalue weighted by Gasteiger charge is -2.01. The average molecular weight is 1040 g/mol. The summed E-state index contributed by atoms with van der Waals surface area (Å²) in [6, 6.07) is 46.3. The third-order valence-corrected chi connectivity index (χ3v) is 9.00. The van der Waals surface area contributed by atoms with Crippen LogP contribution in [0.1, 0.15) is 112 Å². The van der Waals surface area contributed by atoms with Crippen molar-refractivity contribution in [2.24, 2.45) is 5.92 Å². The van der Waals surface area contributed by atoms with Crippen LogP contribution in [0.5, 0.6) is 0 Å². The van der Waals surface area contributed by atoms with Crippen molar-refractivity contribution in [1.82, 2.24) is 25.5 Å². The fourth-order valence-electron chi connectivity index (χ4n) is 5.27. The first-order valence-electron chi connectivity index (χ1n) is 26.0. The lowest BCUT2D eigenvalue weighted by molar-refractivity contribution is 0.277. The standard InChI is InChI=1S/C8H10.C8H8.C7H7Cl.C7H8.2C6H7N.C6H12.C5H11N.2C2H7N.C2H6O.C2H6S.2C2H6/c1-7-3-5-8(2)6-4-7;1-2-8-6-4-3-5-7-8;1-6-3-2-4-7(8)5-6;1-7-5-3-2-4-6-7;1-6-3-2-4-7-5-6;1-6-4-2-3-5-7-6;2*1-6-4-2-3-5-6;4*1-3-2;2*1-2/h3-6H,1-2H3;2-7H,1H2;2-5H,1H3;2-6H,1H3;2*2-5H,1H3;6H,2-5H2,1H3;2-5H2,1H3;2*3H,1-2H3;2*1-2H3;2*1-2H3. The van der Waals surface area contributed by atoms with E-state index in [9.17, 15) is 0 Å². The summed E-state index contributed by atoms with van der Waals surface area (Å²) in [6.45, 7) is 28.9. The molecule has 0 spiro atoms. The molecular formula is C65H108ClN5OS. The first kappa shape index (κ1) is 79.8. The summed E-state index contributed by atoms with van der Waals surface area (Å²) < 4.78 is 4.25. The van der Waals surface area contributed by atoms with Gasteiger partial charge in [0.15, 0.2) is 0 Å². The number of likely N-dealkylation sites (tertiary alicyclic amines) is 1. The molecule has 6 aromatic rings. The second-order valence-electron chi connectivity index (χ2n) is 16.4. The van der Waals surface area contributed by atoms with Crippen molar-refractivity contribution in [2.75, 3.05) is 75.1 Å². The molecule has 6 nitrogen and oxygen atoms in total. The quantitative estimate of drug-likeness (QED) is 0.170. The maximum atomic E-state index is 5.64. The fraction of sp³-hybridized carbons (Fsp3) is 0.446. The molecule has 2 aromatic heterocycles. The molecule has 73 heavy (non-hydrogen) atoms. The average Bonchev–Trinajstić information content (AvgIpc) is 4.10. The number of pyridine rings is 2. The second kappa shape index (κ2) is 67.4. The Morgan fingerprint density at radius 1 is 0.575 bits per heavy atom. The maximum absolute atomic E-state index is 5.64. The van der Waals surface area contributed by atoms with Gasteiger partial charge >= 0.3 is 0 Å². The molecule has 412 valence electrons. The molecule has 8 rings (SSSR count). The highest BCUT2D eigenvalue weighted by Crippen LogP contribution is 2.23. The highest BCUT2D eigenvalue weighted by atomic mass is 35.5. The normalized spacial score (nSPS) is 10.8. The van der Waals surface area contributed by atoms with Crippen molar-refractivity contribution in [3.8, 4) is 0 Å². The van der Waals surface area contributed by atoms with Crippen LogP contribution in [-0.4, -0.2) is 89.9 Å². The molecule has 4 aromatic carbocycles. The van der Waals surface area contributed by atoms with Crippen molar-refractivity contribution < 1.29 is 4.74 Å². The molecule has 0 bridgehead atoms. The molecule has 1 aliphatic heterocycles. The van der Waals surface area contributed by atoms with E-state index in [4.69, 9.17) is 11.6 Å². The monoisotopic (exact) mass is 1040 g/mol. The number of hydrogen-bond acceptors (Lipinski definition) is 7. The highest BCUT2D eigenvalue weighted by molar-refractivity contribution is 7.97. The van der Waals surface area contributed by atoms with Crippen LogP contribution in [0, 0.1) is 47.5 Å². The largest absolute Gasteiger partial charge is 0.388 e. The number of methoxy groups -OCH3 is 1. The molecule has 2 N–H and O–H groups in total. The lowest BCUT2D eigenvalue weighted by Crippen LogP contribution is -2.10. The van der Waals surface area contributed by atoms with Crippen molar-refractivity contribution in [3.63, 3.8) is 0 Å². The van der Waals surface area contributed by atoms with E-state index < -0.39 is 0 Å². The number of nitrogens with zero attached hydrogens (tertiary/aromatic N) is 3. The molecule has 0 amide bonds. The summed E-state index contributed by atoms with van der Waals surface area (Å²) in [4.78, 5) is 10.2. The predicted octanol–water partition coefficient (Wildman–Crippen LogP) is 17.9. The Balaban J connectivity index is -0.000000169. The van der Waals surface area contributed by atoms with Gasteiger partial charge in [-0.15, -0.1) is 0 Å². The summed E-state index contributed by atoms with van der Waals surface area (Å²) in [5.41, 5.74) is 8.64. The van der Waals surface area contributed by atoms with Gasteiger partial charge in [-0.05, 0) is 168 Å². The van der Waals surface area contributed by atoms with Gasteiger partial charge in [0.2, 0.25) is 0 Å². The minimum atomic E-state index is 0.810. The molecule has 1 saturated heterocycles. The molecule has 2 aliphatic rings.